The molecule has 1 saturated carbocycles. The van der Waals surface area contributed by atoms with Gasteiger partial charge in [0, 0.05) is 5.54 Å². The van der Waals surface area contributed by atoms with Gasteiger partial charge in [0.2, 0.25) is 0 Å². The van der Waals surface area contributed by atoms with Gasteiger partial charge in [0.1, 0.15) is 0 Å². The molecule has 0 aromatic heterocycles. The van der Waals surface area contributed by atoms with Crippen LogP contribution in [0.4, 0.5) is 0 Å². The molecule has 0 heterocycles. The van der Waals surface area contributed by atoms with Crippen molar-refractivity contribution < 1.29 is 0 Å². The molecule has 1 nitrogen and oxygen atoms in total. The fourth-order valence-corrected chi connectivity index (χ4v) is 2.66. The first-order valence-electron chi connectivity index (χ1n) is 6.04. The first-order valence-corrected chi connectivity index (χ1v) is 6.04. The highest BCUT2D eigenvalue weighted by molar-refractivity contribution is 5.10. The zero-order valence-electron chi connectivity index (χ0n) is 9.72. The minimum atomic E-state index is 0.325. The van der Waals surface area contributed by atoms with Crippen LogP contribution in [-0.4, -0.2) is 12.1 Å². The minimum absolute atomic E-state index is 0.325. The number of nitrogens with one attached hydrogen (secondary N) is 1. The zero-order chi connectivity index (χ0) is 10.2. The van der Waals surface area contributed by atoms with Gasteiger partial charge < -0.3 is 5.32 Å². The summed E-state index contributed by atoms with van der Waals surface area (Å²) in [5, 5.41) is 3.70. The van der Waals surface area contributed by atoms with Gasteiger partial charge in [0.05, 0.1) is 0 Å². The average molecular weight is 193 g/mol. The Morgan fingerprint density at radius 1 is 1.29 bits per heavy atom. The number of fused-ring (bicyclic) bond motifs is 2. The SMILES string of the molecule is CCC(C)(C)NC[C@@H]1C[C@@H]2C=C[C@H]1C2. The number of hydrogen-bond acceptors (Lipinski definition) is 1. The van der Waals surface area contributed by atoms with E-state index in [0.717, 1.165) is 17.8 Å². The summed E-state index contributed by atoms with van der Waals surface area (Å²) in [5.41, 5.74) is 0.325. The van der Waals surface area contributed by atoms with Gasteiger partial charge in [-0.2, -0.15) is 0 Å². The molecular formula is C13H23N. The van der Waals surface area contributed by atoms with Crippen molar-refractivity contribution in [2.45, 2.75) is 45.6 Å². The minimum Gasteiger partial charge on any atom is -0.312 e. The number of rotatable bonds is 4. The molecule has 2 aliphatic carbocycles. The van der Waals surface area contributed by atoms with E-state index in [1.165, 1.54) is 25.8 Å². The lowest BCUT2D eigenvalue weighted by Crippen LogP contribution is -2.42. The van der Waals surface area contributed by atoms with Crippen LogP contribution in [0.5, 0.6) is 0 Å². The highest BCUT2D eigenvalue weighted by Gasteiger charge is 2.35. The molecule has 0 aromatic rings. The van der Waals surface area contributed by atoms with Crippen molar-refractivity contribution in [2.24, 2.45) is 17.8 Å². The first kappa shape index (κ1) is 10.2. The van der Waals surface area contributed by atoms with Crippen LogP contribution in [0, 0.1) is 17.8 Å². The fourth-order valence-electron chi connectivity index (χ4n) is 2.66. The largest absolute Gasteiger partial charge is 0.312 e. The van der Waals surface area contributed by atoms with Crippen LogP contribution < -0.4 is 5.32 Å². The molecule has 1 heteroatoms. The van der Waals surface area contributed by atoms with Crippen molar-refractivity contribution in [3.8, 4) is 0 Å². The van der Waals surface area contributed by atoms with E-state index in [0.29, 0.717) is 5.54 Å². The maximum absolute atomic E-state index is 3.70. The quantitative estimate of drug-likeness (QED) is 0.677. The van der Waals surface area contributed by atoms with Gasteiger partial charge >= 0.3 is 0 Å². The zero-order valence-corrected chi connectivity index (χ0v) is 9.72. The molecule has 1 fully saturated rings. The van der Waals surface area contributed by atoms with Crippen molar-refractivity contribution in [3.05, 3.63) is 12.2 Å². The van der Waals surface area contributed by atoms with E-state index >= 15 is 0 Å². The fraction of sp³-hybridized carbons (Fsp3) is 0.846. The topological polar surface area (TPSA) is 12.0 Å². The van der Waals surface area contributed by atoms with Crippen LogP contribution in [0.25, 0.3) is 0 Å². The maximum Gasteiger partial charge on any atom is 0.0122 e. The van der Waals surface area contributed by atoms with Crippen LogP contribution in [-0.2, 0) is 0 Å². The highest BCUT2D eigenvalue weighted by Crippen LogP contribution is 2.43. The standard InChI is InChI=1S/C13H23N/c1-4-13(2,3)14-9-12-8-10-5-6-11(12)7-10/h5-6,10-12,14H,4,7-9H2,1-3H3/t10-,11+,12+/m1/s1. The normalized spacial score (nSPS) is 35.5. The molecule has 3 atom stereocenters. The van der Waals surface area contributed by atoms with Crippen molar-refractivity contribution >= 4 is 0 Å². The van der Waals surface area contributed by atoms with Crippen molar-refractivity contribution in [1.29, 1.82) is 0 Å². The first-order chi connectivity index (χ1) is 6.61. The van der Waals surface area contributed by atoms with E-state index in [1.807, 2.05) is 0 Å². The van der Waals surface area contributed by atoms with Gasteiger partial charge in [-0.25, -0.2) is 0 Å². The molecule has 14 heavy (non-hydrogen) atoms. The van der Waals surface area contributed by atoms with E-state index in [9.17, 15) is 0 Å². The maximum atomic E-state index is 3.70. The van der Waals surface area contributed by atoms with Crippen LogP contribution in [0.3, 0.4) is 0 Å². The second-order valence-corrected chi connectivity index (χ2v) is 5.66. The van der Waals surface area contributed by atoms with Crippen molar-refractivity contribution in [3.63, 3.8) is 0 Å². The van der Waals surface area contributed by atoms with E-state index < -0.39 is 0 Å². The Morgan fingerprint density at radius 3 is 2.57 bits per heavy atom. The summed E-state index contributed by atoms with van der Waals surface area (Å²) in [6, 6.07) is 0. The summed E-state index contributed by atoms with van der Waals surface area (Å²) in [5.74, 6) is 2.72. The van der Waals surface area contributed by atoms with E-state index in [1.54, 1.807) is 0 Å². The molecule has 0 unspecified atom stereocenters. The highest BCUT2D eigenvalue weighted by atomic mass is 15.0. The second-order valence-electron chi connectivity index (χ2n) is 5.66. The van der Waals surface area contributed by atoms with Crippen LogP contribution in [0.2, 0.25) is 0 Å². The lowest BCUT2D eigenvalue weighted by atomic mass is 9.92. The lowest BCUT2D eigenvalue weighted by Gasteiger charge is -2.28. The third kappa shape index (κ3) is 2.03. The molecule has 0 saturated heterocycles. The molecule has 0 aromatic carbocycles. The molecular weight excluding hydrogens is 170 g/mol. The average Bonchev–Trinajstić information content (AvgIpc) is 2.76. The molecule has 2 aliphatic rings. The van der Waals surface area contributed by atoms with Crippen molar-refractivity contribution in [2.75, 3.05) is 6.54 Å². The Labute approximate surface area is 88.0 Å². The number of allylic oxidation sites excluding steroid dienone is 2. The Morgan fingerprint density at radius 2 is 2.07 bits per heavy atom. The molecule has 0 amide bonds. The van der Waals surface area contributed by atoms with Gasteiger partial charge in [0.25, 0.3) is 0 Å². The molecule has 2 rings (SSSR count). The Bertz CT molecular complexity index is 229. The Kier molecular flexibility index (Phi) is 2.70. The summed E-state index contributed by atoms with van der Waals surface area (Å²) < 4.78 is 0. The van der Waals surface area contributed by atoms with Gasteiger partial charge in [-0.3, -0.25) is 0 Å². The number of hydrogen-bond donors (Lipinski definition) is 1. The van der Waals surface area contributed by atoms with Gasteiger partial charge in [-0.15, -0.1) is 0 Å². The third-order valence-electron chi connectivity index (χ3n) is 4.14. The predicted molar refractivity (Wildman–Crippen MR) is 61.2 cm³/mol. The lowest BCUT2D eigenvalue weighted by molar-refractivity contribution is 0.317. The summed E-state index contributed by atoms with van der Waals surface area (Å²) in [6.45, 7) is 8.08. The summed E-state index contributed by atoms with van der Waals surface area (Å²) >= 11 is 0. The summed E-state index contributed by atoms with van der Waals surface area (Å²) in [4.78, 5) is 0. The van der Waals surface area contributed by atoms with Gasteiger partial charge in [-0.1, -0.05) is 19.1 Å². The van der Waals surface area contributed by atoms with E-state index in [-0.39, 0.29) is 0 Å². The molecule has 0 radical (unpaired) electrons. The van der Waals surface area contributed by atoms with Crippen LogP contribution in [0.1, 0.15) is 40.0 Å². The summed E-state index contributed by atoms with van der Waals surface area (Å²) in [6.07, 6.45) is 8.93. The van der Waals surface area contributed by atoms with E-state index in [2.05, 4.69) is 38.2 Å². The van der Waals surface area contributed by atoms with E-state index in [4.69, 9.17) is 0 Å². The summed E-state index contributed by atoms with van der Waals surface area (Å²) in [7, 11) is 0. The Balaban J connectivity index is 1.80. The smallest absolute Gasteiger partial charge is 0.0122 e. The van der Waals surface area contributed by atoms with Crippen molar-refractivity contribution in [1.82, 2.24) is 5.32 Å². The molecule has 1 N–H and O–H groups in total. The predicted octanol–water partition coefficient (Wildman–Crippen LogP) is 2.98. The van der Waals surface area contributed by atoms with Crippen LogP contribution >= 0.6 is 0 Å². The molecule has 80 valence electrons. The van der Waals surface area contributed by atoms with Crippen LogP contribution in [0.15, 0.2) is 12.2 Å². The molecule has 0 spiro atoms. The molecule has 2 bridgehead atoms. The Hall–Kier alpha value is -0.300. The third-order valence-corrected chi connectivity index (χ3v) is 4.14. The van der Waals surface area contributed by atoms with Gasteiger partial charge in [0.15, 0.2) is 0 Å². The monoisotopic (exact) mass is 193 g/mol. The van der Waals surface area contributed by atoms with Gasteiger partial charge in [-0.05, 0) is 57.4 Å². The second kappa shape index (κ2) is 3.69. The molecule has 0 aliphatic heterocycles.